The Morgan fingerprint density at radius 1 is 1.04 bits per heavy atom. The van der Waals surface area contributed by atoms with Crippen LogP contribution in [0.3, 0.4) is 0 Å². The maximum Gasteiger partial charge on any atom is 0.223 e. The van der Waals surface area contributed by atoms with Gasteiger partial charge in [0, 0.05) is 30.1 Å². The summed E-state index contributed by atoms with van der Waals surface area (Å²) in [4.78, 5) is 12.7. The van der Waals surface area contributed by atoms with E-state index in [1.807, 2.05) is 6.07 Å². The van der Waals surface area contributed by atoms with E-state index in [1.165, 1.54) is 6.42 Å². The Morgan fingerprint density at radius 2 is 1.62 bits per heavy atom. The molecule has 0 radical (unpaired) electrons. The predicted octanol–water partition coefficient (Wildman–Crippen LogP) is 2.48. The zero-order valence-electron chi connectivity index (χ0n) is 15.9. The molecular weight excluding hydrogens is 332 g/mol. The van der Waals surface area contributed by atoms with Crippen molar-refractivity contribution in [1.82, 2.24) is 5.32 Å². The maximum absolute atomic E-state index is 12.7. The molecule has 0 spiro atoms. The van der Waals surface area contributed by atoms with E-state index >= 15 is 0 Å². The van der Waals surface area contributed by atoms with Gasteiger partial charge in [-0.2, -0.15) is 0 Å². The van der Waals surface area contributed by atoms with Gasteiger partial charge in [0.05, 0.1) is 21.3 Å². The SMILES string of the molecule is COc1cc(OC)c(OC)cc1CNC(=O)C1CC2CCCC(C1)C2N. The Morgan fingerprint density at radius 3 is 2.19 bits per heavy atom. The first-order valence-electron chi connectivity index (χ1n) is 9.39. The lowest BCUT2D eigenvalue weighted by Gasteiger charge is -2.43. The maximum atomic E-state index is 12.7. The second-order valence-electron chi connectivity index (χ2n) is 7.43. The molecular formula is C20H30N2O4. The fraction of sp³-hybridized carbons (Fsp3) is 0.650. The van der Waals surface area contributed by atoms with E-state index in [2.05, 4.69) is 5.32 Å². The molecule has 2 atom stereocenters. The number of hydrogen-bond donors (Lipinski definition) is 2. The number of hydrogen-bond acceptors (Lipinski definition) is 5. The number of nitrogens with one attached hydrogen (secondary N) is 1. The van der Waals surface area contributed by atoms with Crippen LogP contribution in [-0.2, 0) is 11.3 Å². The second kappa shape index (κ2) is 8.16. The van der Waals surface area contributed by atoms with E-state index in [4.69, 9.17) is 19.9 Å². The van der Waals surface area contributed by atoms with E-state index < -0.39 is 0 Å². The third-order valence-electron chi connectivity index (χ3n) is 6.02. The number of ether oxygens (including phenoxy) is 3. The van der Waals surface area contributed by atoms with Crippen molar-refractivity contribution < 1.29 is 19.0 Å². The first-order valence-corrected chi connectivity index (χ1v) is 9.39. The van der Waals surface area contributed by atoms with Crippen LogP contribution >= 0.6 is 0 Å². The monoisotopic (exact) mass is 362 g/mol. The van der Waals surface area contributed by atoms with Crippen molar-refractivity contribution in [2.45, 2.75) is 44.7 Å². The molecule has 2 aliphatic carbocycles. The van der Waals surface area contributed by atoms with Gasteiger partial charge in [-0.05, 0) is 43.6 Å². The van der Waals surface area contributed by atoms with Gasteiger partial charge in [0.1, 0.15) is 5.75 Å². The molecule has 2 fully saturated rings. The average Bonchev–Trinajstić information content (AvgIpc) is 2.65. The van der Waals surface area contributed by atoms with Crippen LogP contribution in [0.5, 0.6) is 17.2 Å². The van der Waals surface area contributed by atoms with Crippen molar-refractivity contribution in [3.63, 3.8) is 0 Å². The van der Waals surface area contributed by atoms with Gasteiger partial charge in [0.25, 0.3) is 0 Å². The van der Waals surface area contributed by atoms with Crippen molar-refractivity contribution in [2.75, 3.05) is 21.3 Å². The van der Waals surface area contributed by atoms with Gasteiger partial charge >= 0.3 is 0 Å². The highest BCUT2D eigenvalue weighted by atomic mass is 16.5. The lowest BCUT2D eigenvalue weighted by Crippen LogP contribution is -2.49. The van der Waals surface area contributed by atoms with E-state index in [9.17, 15) is 4.79 Å². The first-order chi connectivity index (χ1) is 12.6. The Kier molecular flexibility index (Phi) is 5.91. The molecule has 2 unspecified atom stereocenters. The summed E-state index contributed by atoms with van der Waals surface area (Å²) in [7, 11) is 4.79. The third kappa shape index (κ3) is 3.75. The highest BCUT2D eigenvalue weighted by molar-refractivity contribution is 5.79. The number of carbonyl (C=O) groups excluding carboxylic acids is 1. The Bertz CT molecular complexity index is 635. The van der Waals surface area contributed by atoms with Gasteiger partial charge in [-0.1, -0.05) is 6.42 Å². The standard InChI is InChI=1S/C20H30N2O4/c1-24-16-10-18(26-3)17(25-2)9-15(16)11-22-20(23)14-7-12-5-4-6-13(8-14)19(12)21/h9-10,12-14,19H,4-8,11,21H2,1-3H3,(H,22,23). The molecule has 0 heterocycles. The number of benzene rings is 1. The Hall–Kier alpha value is -1.95. The number of nitrogens with two attached hydrogens (primary N) is 1. The smallest absolute Gasteiger partial charge is 0.223 e. The number of methoxy groups -OCH3 is 3. The van der Waals surface area contributed by atoms with Gasteiger partial charge < -0.3 is 25.3 Å². The lowest BCUT2D eigenvalue weighted by molar-refractivity contribution is -0.128. The largest absolute Gasteiger partial charge is 0.496 e. The minimum Gasteiger partial charge on any atom is -0.496 e. The molecule has 2 saturated carbocycles. The van der Waals surface area contributed by atoms with E-state index in [0.717, 1.165) is 31.2 Å². The first kappa shape index (κ1) is 18.8. The van der Waals surface area contributed by atoms with E-state index in [0.29, 0.717) is 35.6 Å². The number of rotatable bonds is 6. The molecule has 144 valence electrons. The summed E-state index contributed by atoms with van der Waals surface area (Å²) in [5.41, 5.74) is 7.20. The van der Waals surface area contributed by atoms with Gasteiger partial charge in [-0.25, -0.2) is 0 Å². The highest BCUT2D eigenvalue weighted by Gasteiger charge is 2.40. The molecule has 0 saturated heterocycles. The molecule has 2 aliphatic rings. The van der Waals surface area contributed by atoms with Crippen LogP contribution in [0, 0.1) is 17.8 Å². The van der Waals surface area contributed by atoms with E-state index in [1.54, 1.807) is 27.4 Å². The van der Waals surface area contributed by atoms with Gasteiger partial charge in [-0.3, -0.25) is 4.79 Å². The van der Waals surface area contributed by atoms with Crippen molar-refractivity contribution in [2.24, 2.45) is 23.5 Å². The zero-order valence-corrected chi connectivity index (χ0v) is 15.9. The summed E-state index contributed by atoms with van der Waals surface area (Å²) in [6.07, 6.45) is 5.38. The zero-order chi connectivity index (χ0) is 18.7. The van der Waals surface area contributed by atoms with Crippen molar-refractivity contribution in [3.8, 4) is 17.2 Å². The predicted molar refractivity (Wildman–Crippen MR) is 99.5 cm³/mol. The fourth-order valence-electron chi connectivity index (χ4n) is 4.56. The summed E-state index contributed by atoms with van der Waals surface area (Å²) in [5, 5.41) is 3.08. The molecule has 1 aromatic carbocycles. The Labute approximate surface area is 155 Å². The van der Waals surface area contributed by atoms with E-state index in [-0.39, 0.29) is 17.9 Å². The Balaban J connectivity index is 1.66. The van der Waals surface area contributed by atoms with Crippen LogP contribution in [-0.4, -0.2) is 33.3 Å². The van der Waals surface area contributed by atoms with Gasteiger partial charge in [0.2, 0.25) is 5.91 Å². The van der Waals surface area contributed by atoms with Crippen LogP contribution in [0.15, 0.2) is 12.1 Å². The molecule has 3 rings (SSSR count). The number of amides is 1. The molecule has 26 heavy (non-hydrogen) atoms. The van der Waals surface area contributed by atoms with Crippen molar-refractivity contribution >= 4 is 5.91 Å². The molecule has 3 N–H and O–H groups in total. The summed E-state index contributed by atoms with van der Waals surface area (Å²) in [6.45, 7) is 0.403. The number of fused-ring (bicyclic) bond motifs is 2. The minimum atomic E-state index is 0.0660. The van der Waals surface area contributed by atoms with Crippen LogP contribution < -0.4 is 25.3 Å². The molecule has 6 nitrogen and oxygen atoms in total. The summed E-state index contributed by atoms with van der Waals surface area (Å²) in [6, 6.07) is 3.91. The lowest BCUT2D eigenvalue weighted by atomic mass is 9.65. The summed E-state index contributed by atoms with van der Waals surface area (Å²) >= 11 is 0. The summed E-state index contributed by atoms with van der Waals surface area (Å²) in [5.74, 6) is 3.07. The minimum absolute atomic E-state index is 0.0660. The molecule has 2 bridgehead atoms. The molecule has 0 aliphatic heterocycles. The molecule has 6 heteroatoms. The van der Waals surface area contributed by atoms with Crippen LogP contribution in [0.4, 0.5) is 0 Å². The van der Waals surface area contributed by atoms with Crippen LogP contribution in [0.1, 0.15) is 37.7 Å². The molecule has 0 aromatic heterocycles. The van der Waals surface area contributed by atoms with Gasteiger partial charge in [0.15, 0.2) is 11.5 Å². The van der Waals surface area contributed by atoms with Crippen LogP contribution in [0.25, 0.3) is 0 Å². The third-order valence-corrected chi connectivity index (χ3v) is 6.02. The van der Waals surface area contributed by atoms with Gasteiger partial charge in [-0.15, -0.1) is 0 Å². The molecule has 1 amide bonds. The van der Waals surface area contributed by atoms with Crippen LogP contribution in [0.2, 0.25) is 0 Å². The average molecular weight is 362 g/mol. The fourth-order valence-corrected chi connectivity index (χ4v) is 4.56. The van der Waals surface area contributed by atoms with Crippen molar-refractivity contribution in [3.05, 3.63) is 17.7 Å². The second-order valence-corrected chi connectivity index (χ2v) is 7.43. The topological polar surface area (TPSA) is 82.8 Å². The highest BCUT2D eigenvalue weighted by Crippen LogP contribution is 2.42. The normalized spacial score (nSPS) is 27.5. The number of carbonyl (C=O) groups is 1. The van der Waals surface area contributed by atoms with Crippen molar-refractivity contribution in [1.29, 1.82) is 0 Å². The quantitative estimate of drug-likeness (QED) is 0.812. The summed E-state index contributed by atoms with van der Waals surface area (Å²) < 4.78 is 16.1. The molecule has 1 aromatic rings.